The number of imidazole rings is 1. The first-order valence-corrected chi connectivity index (χ1v) is 9.83. The fourth-order valence-electron chi connectivity index (χ4n) is 3.11. The highest BCUT2D eigenvalue weighted by atomic mass is 79.9. The van der Waals surface area contributed by atoms with Crippen LogP contribution in [0, 0.1) is 6.92 Å². The van der Waals surface area contributed by atoms with Crippen LogP contribution in [0.1, 0.15) is 37.8 Å². The first-order valence-electron chi connectivity index (χ1n) is 9.04. The van der Waals surface area contributed by atoms with Crippen molar-refractivity contribution in [2.45, 2.75) is 39.3 Å². The van der Waals surface area contributed by atoms with E-state index in [0.717, 1.165) is 22.2 Å². The molecule has 1 fully saturated rings. The number of halogens is 1. The lowest BCUT2D eigenvalue weighted by Gasteiger charge is -2.19. The predicted octanol–water partition coefficient (Wildman–Crippen LogP) is 3.50. The number of ether oxygens (including phenoxy) is 1. The summed E-state index contributed by atoms with van der Waals surface area (Å²) in [5, 5.41) is 3.26. The summed E-state index contributed by atoms with van der Waals surface area (Å²) in [5.41, 5.74) is 1.70. The van der Waals surface area contributed by atoms with Gasteiger partial charge in [0.2, 0.25) is 11.9 Å². The normalized spacial score (nSPS) is 17.8. The van der Waals surface area contributed by atoms with Crippen LogP contribution in [0.4, 0.5) is 16.7 Å². The van der Waals surface area contributed by atoms with E-state index in [0.29, 0.717) is 24.3 Å². The number of carbonyl (C=O) groups is 1. The molecule has 146 valence electrons. The zero-order valence-corrected chi connectivity index (χ0v) is 17.3. The first-order chi connectivity index (χ1) is 13.4. The molecule has 1 unspecified atom stereocenters. The Hall–Kier alpha value is -2.75. The van der Waals surface area contributed by atoms with Crippen molar-refractivity contribution in [1.29, 1.82) is 0 Å². The molecule has 2 atom stereocenters. The van der Waals surface area contributed by atoms with Crippen molar-refractivity contribution in [3.05, 3.63) is 40.5 Å². The van der Waals surface area contributed by atoms with Crippen molar-refractivity contribution in [2.75, 3.05) is 16.8 Å². The molecule has 0 radical (unpaired) electrons. The average molecular weight is 446 g/mol. The number of fused-ring (bicyclic) bond motifs is 1. The van der Waals surface area contributed by atoms with E-state index in [4.69, 9.17) is 4.74 Å². The van der Waals surface area contributed by atoms with Gasteiger partial charge in [-0.2, -0.15) is 15.0 Å². The lowest BCUT2D eigenvalue weighted by molar-refractivity contribution is 0.178. The molecule has 1 N–H and O–H groups in total. The van der Waals surface area contributed by atoms with Crippen LogP contribution >= 0.6 is 15.9 Å². The zero-order chi connectivity index (χ0) is 19.8. The molecule has 0 bridgehead atoms. The quantitative estimate of drug-likeness (QED) is 0.641. The molecule has 0 spiro atoms. The third-order valence-electron chi connectivity index (χ3n) is 4.61. The van der Waals surface area contributed by atoms with E-state index in [1.807, 2.05) is 42.8 Å². The molecule has 10 heteroatoms. The maximum absolute atomic E-state index is 12.1. The van der Waals surface area contributed by atoms with Crippen LogP contribution in [0.2, 0.25) is 0 Å². The highest BCUT2D eigenvalue weighted by molar-refractivity contribution is 9.10. The molecular weight excluding hydrogens is 426 g/mol. The van der Waals surface area contributed by atoms with E-state index >= 15 is 0 Å². The van der Waals surface area contributed by atoms with Crippen molar-refractivity contribution < 1.29 is 9.53 Å². The summed E-state index contributed by atoms with van der Waals surface area (Å²) in [5.74, 6) is 1.21. The molecule has 0 saturated carbocycles. The fourth-order valence-corrected chi connectivity index (χ4v) is 3.46. The number of hydrogen-bond acceptors (Lipinski definition) is 7. The topological polar surface area (TPSA) is 97.5 Å². The SMILES string of the molecule is CC[C@H]1COC(=O)N1c1nc(C)nc(NC(C)c2cn3cc(Br)ccc3n2)n1. The zero-order valence-electron chi connectivity index (χ0n) is 15.8. The summed E-state index contributed by atoms with van der Waals surface area (Å²) < 4.78 is 8.08. The van der Waals surface area contributed by atoms with Crippen LogP contribution in [0.5, 0.6) is 0 Å². The van der Waals surface area contributed by atoms with Gasteiger partial charge in [0.25, 0.3) is 0 Å². The molecule has 0 aromatic carbocycles. The number of rotatable bonds is 5. The van der Waals surface area contributed by atoms with Gasteiger partial charge in [-0.1, -0.05) is 6.92 Å². The molecule has 0 aliphatic carbocycles. The second-order valence-electron chi connectivity index (χ2n) is 6.66. The van der Waals surface area contributed by atoms with Gasteiger partial charge in [0.1, 0.15) is 18.1 Å². The predicted molar refractivity (Wildman–Crippen MR) is 107 cm³/mol. The Morgan fingerprint density at radius 2 is 2.11 bits per heavy atom. The van der Waals surface area contributed by atoms with Crippen molar-refractivity contribution in [1.82, 2.24) is 24.3 Å². The monoisotopic (exact) mass is 445 g/mol. The Balaban J connectivity index is 1.60. The van der Waals surface area contributed by atoms with Gasteiger partial charge in [-0.25, -0.2) is 14.7 Å². The van der Waals surface area contributed by atoms with E-state index in [2.05, 4.69) is 41.2 Å². The Kier molecular flexibility index (Phi) is 4.88. The molecular formula is C18H20BrN7O2. The highest BCUT2D eigenvalue weighted by Crippen LogP contribution is 2.24. The lowest BCUT2D eigenvalue weighted by Crippen LogP contribution is -2.34. The molecule has 3 aromatic heterocycles. The van der Waals surface area contributed by atoms with Gasteiger partial charge >= 0.3 is 6.09 Å². The van der Waals surface area contributed by atoms with E-state index in [9.17, 15) is 4.79 Å². The molecule has 28 heavy (non-hydrogen) atoms. The number of anilines is 2. The largest absolute Gasteiger partial charge is 0.447 e. The Labute approximate surface area is 170 Å². The van der Waals surface area contributed by atoms with Gasteiger partial charge in [-0.15, -0.1) is 0 Å². The molecule has 1 amide bonds. The number of aryl methyl sites for hydroxylation is 1. The first kappa shape index (κ1) is 18.6. The third kappa shape index (κ3) is 3.51. The van der Waals surface area contributed by atoms with Crippen LogP contribution in [-0.4, -0.2) is 43.1 Å². The third-order valence-corrected chi connectivity index (χ3v) is 5.08. The van der Waals surface area contributed by atoms with E-state index in [1.54, 1.807) is 6.92 Å². The number of aromatic nitrogens is 5. The lowest BCUT2D eigenvalue weighted by atomic mass is 10.2. The van der Waals surface area contributed by atoms with E-state index in [1.165, 1.54) is 4.90 Å². The second kappa shape index (κ2) is 7.34. The Bertz CT molecular complexity index is 1040. The molecule has 4 heterocycles. The highest BCUT2D eigenvalue weighted by Gasteiger charge is 2.35. The molecule has 9 nitrogen and oxygen atoms in total. The standard InChI is InChI=1S/C18H20BrN7O2/c1-4-13-9-28-18(27)26(13)17-22-11(3)21-16(24-17)20-10(2)14-8-25-7-12(19)5-6-15(25)23-14/h5-8,10,13H,4,9H2,1-3H3,(H,20,21,22,24)/t10?,13-/m0/s1. The summed E-state index contributed by atoms with van der Waals surface area (Å²) in [7, 11) is 0. The number of nitrogens with zero attached hydrogens (tertiary/aromatic N) is 6. The number of pyridine rings is 1. The van der Waals surface area contributed by atoms with Gasteiger partial charge in [-0.3, -0.25) is 0 Å². The maximum Gasteiger partial charge on any atom is 0.417 e. The van der Waals surface area contributed by atoms with Crippen molar-refractivity contribution in [3.8, 4) is 0 Å². The van der Waals surface area contributed by atoms with Crippen LogP contribution in [0.25, 0.3) is 5.65 Å². The van der Waals surface area contributed by atoms with Gasteiger partial charge in [0, 0.05) is 16.9 Å². The average Bonchev–Trinajstić information content (AvgIpc) is 3.23. The van der Waals surface area contributed by atoms with E-state index < -0.39 is 6.09 Å². The number of cyclic esters (lactones) is 1. The van der Waals surface area contributed by atoms with E-state index in [-0.39, 0.29) is 12.1 Å². The van der Waals surface area contributed by atoms with Crippen LogP contribution in [0.3, 0.4) is 0 Å². The summed E-state index contributed by atoms with van der Waals surface area (Å²) in [4.78, 5) is 31.4. The smallest absolute Gasteiger partial charge is 0.417 e. The van der Waals surface area contributed by atoms with Crippen LogP contribution < -0.4 is 10.2 Å². The fraction of sp³-hybridized carbons (Fsp3) is 0.389. The Morgan fingerprint density at radius 3 is 2.89 bits per heavy atom. The number of amides is 1. The summed E-state index contributed by atoms with van der Waals surface area (Å²) in [6.45, 7) is 6.09. The number of hydrogen-bond donors (Lipinski definition) is 1. The molecule has 4 rings (SSSR count). The van der Waals surface area contributed by atoms with Gasteiger partial charge in [0.15, 0.2) is 0 Å². The Morgan fingerprint density at radius 1 is 1.29 bits per heavy atom. The van der Waals surface area contributed by atoms with Crippen LogP contribution in [-0.2, 0) is 4.74 Å². The number of nitrogens with one attached hydrogen (secondary N) is 1. The minimum atomic E-state index is -0.428. The number of carbonyl (C=O) groups excluding carboxylic acids is 1. The summed E-state index contributed by atoms with van der Waals surface area (Å²) >= 11 is 3.46. The van der Waals surface area contributed by atoms with Gasteiger partial charge < -0.3 is 14.5 Å². The molecule has 1 aliphatic heterocycles. The maximum atomic E-state index is 12.1. The molecule has 1 aliphatic rings. The van der Waals surface area contributed by atoms with Crippen molar-refractivity contribution in [3.63, 3.8) is 0 Å². The molecule has 3 aromatic rings. The van der Waals surface area contributed by atoms with Crippen molar-refractivity contribution >= 4 is 39.6 Å². The van der Waals surface area contributed by atoms with Gasteiger partial charge in [0.05, 0.1) is 17.8 Å². The summed E-state index contributed by atoms with van der Waals surface area (Å²) in [6.07, 6.45) is 4.24. The molecule has 1 saturated heterocycles. The second-order valence-corrected chi connectivity index (χ2v) is 7.58. The van der Waals surface area contributed by atoms with Gasteiger partial charge in [-0.05, 0) is 48.3 Å². The summed E-state index contributed by atoms with van der Waals surface area (Å²) in [6, 6.07) is 3.68. The minimum absolute atomic E-state index is 0.0727. The van der Waals surface area contributed by atoms with Crippen LogP contribution in [0.15, 0.2) is 29.0 Å². The van der Waals surface area contributed by atoms with Crippen molar-refractivity contribution in [2.24, 2.45) is 0 Å². The minimum Gasteiger partial charge on any atom is -0.447 e.